The summed E-state index contributed by atoms with van der Waals surface area (Å²) in [5.74, 6) is 0. The van der Waals surface area contributed by atoms with Gasteiger partial charge in [-0.2, -0.15) is 11.8 Å². The second kappa shape index (κ2) is 23.1. The predicted octanol–water partition coefficient (Wildman–Crippen LogP) is 10.3. The Bertz CT molecular complexity index is 357. The highest BCUT2D eigenvalue weighted by molar-refractivity contribution is 8.02. The number of hydrogen-bond donors (Lipinski definition) is 0. The molecule has 0 rings (SSSR count). The molecule has 0 aromatic carbocycles. The molecule has 0 aliphatic heterocycles. The summed E-state index contributed by atoms with van der Waals surface area (Å²) in [5.41, 5.74) is 0. The summed E-state index contributed by atoms with van der Waals surface area (Å²) in [7, 11) is -3.33. The van der Waals surface area contributed by atoms with E-state index >= 15 is 0 Å². The minimum atomic E-state index is -1.66. The van der Waals surface area contributed by atoms with Gasteiger partial charge in [-0.3, -0.25) is 0 Å². The summed E-state index contributed by atoms with van der Waals surface area (Å²) in [5, 5.41) is 2.62. The third kappa shape index (κ3) is 16.9. The van der Waals surface area contributed by atoms with E-state index in [0.717, 1.165) is 13.2 Å². The third-order valence-corrected chi connectivity index (χ3v) is 19.5. The number of unbranched alkanes of at least 4 members (excludes halogenated alkanes) is 8. The van der Waals surface area contributed by atoms with Crippen LogP contribution >= 0.6 is 11.8 Å². The van der Waals surface area contributed by atoms with Crippen molar-refractivity contribution >= 4 is 28.4 Å². The smallest absolute Gasteiger partial charge is 0.202 e. The number of thioether (sulfide) groups is 1. The van der Waals surface area contributed by atoms with Crippen molar-refractivity contribution in [3.05, 3.63) is 0 Å². The van der Waals surface area contributed by atoms with Crippen molar-refractivity contribution in [3.8, 4) is 0 Å². The normalized spacial score (nSPS) is 12.5. The second-order valence-corrected chi connectivity index (χ2v) is 20.4. The topological polar surface area (TPSA) is 18.5 Å². The molecule has 0 bridgehead atoms. The van der Waals surface area contributed by atoms with Gasteiger partial charge in [0.25, 0.3) is 0 Å². The van der Waals surface area contributed by atoms with Crippen molar-refractivity contribution in [2.24, 2.45) is 0 Å². The highest BCUT2D eigenvalue weighted by Crippen LogP contribution is 2.32. The molecule has 0 saturated carbocycles. The van der Waals surface area contributed by atoms with E-state index in [4.69, 9.17) is 8.85 Å². The van der Waals surface area contributed by atoms with Crippen LogP contribution in [0.3, 0.4) is 0 Å². The van der Waals surface area contributed by atoms with Gasteiger partial charge in [0.05, 0.1) is 0 Å². The molecule has 0 aliphatic carbocycles. The lowest BCUT2D eigenvalue weighted by molar-refractivity contribution is 0.288. The van der Waals surface area contributed by atoms with Crippen molar-refractivity contribution in [1.29, 1.82) is 0 Å². The van der Waals surface area contributed by atoms with Crippen molar-refractivity contribution in [1.82, 2.24) is 0 Å². The Hall–Kier alpha value is 0.704. The van der Waals surface area contributed by atoms with Crippen LogP contribution in [0.25, 0.3) is 0 Å². The number of rotatable bonds is 26. The zero-order chi connectivity index (χ0) is 24.7. The van der Waals surface area contributed by atoms with Gasteiger partial charge in [0.1, 0.15) is 0 Å². The summed E-state index contributed by atoms with van der Waals surface area (Å²) < 4.78 is 13.8. The van der Waals surface area contributed by atoms with E-state index in [1.807, 2.05) is 0 Å². The Morgan fingerprint density at radius 1 is 0.424 bits per heavy atom. The van der Waals surface area contributed by atoms with E-state index in [1.54, 1.807) is 0 Å². The fraction of sp³-hybridized carbons (Fsp3) is 1.00. The Labute approximate surface area is 216 Å². The van der Waals surface area contributed by atoms with Gasteiger partial charge in [0, 0.05) is 24.0 Å². The Morgan fingerprint density at radius 2 is 0.727 bits per heavy atom. The first-order chi connectivity index (χ1) is 16.1. The summed E-state index contributed by atoms with van der Waals surface area (Å²) >= 11 is 2.27. The average molecular weight is 519 g/mol. The molecular weight excluding hydrogens is 457 g/mol. The molecule has 0 aliphatic rings. The van der Waals surface area contributed by atoms with E-state index in [9.17, 15) is 0 Å². The molecule has 0 aromatic heterocycles. The first-order valence-electron chi connectivity index (χ1n) is 14.9. The summed E-state index contributed by atoms with van der Waals surface area (Å²) in [6.07, 6.45) is 18.3. The van der Waals surface area contributed by atoms with Crippen molar-refractivity contribution in [2.45, 2.75) is 156 Å². The van der Waals surface area contributed by atoms with E-state index in [1.165, 1.54) is 125 Å². The van der Waals surface area contributed by atoms with Crippen LogP contribution in [0.4, 0.5) is 0 Å². The van der Waals surface area contributed by atoms with Crippen LogP contribution in [0.2, 0.25) is 24.2 Å². The summed E-state index contributed by atoms with van der Waals surface area (Å²) in [4.78, 5) is 0. The molecule has 200 valence electrons. The Kier molecular flexibility index (Phi) is 23.6. The Balaban J connectivity index is 5.31. The molecule has 0 unspecified atom stereocenters. The standard InChI is InChI=1S/C28H62O2SSi2/c1-7-13-19-21-29-32(23-15-9-3,24-16-10-4)27-31-28-33(25-17-11-5,26-18-12-6)30-22-20-14-8-2/h7-28H2,1-6H3. The van der Waals surface area contributed by atoms with E-state index in [0.29, 0.717) is 0 Å². The molecule has 5 heteroatoms. The van der Waals surface area contributed by atoms with Crippen LogP contribution in [-0.4, -0.2) is 40.6 Å². The second-order valence-electron chi connectivity index (χ2n) is 10.4. The van der Waals surface area contributed by atoms with Crippen molar-refractivity contribution in [3.63, 3.8) is 0 Å². The predicted molar refractivity (Wildman–Crippen MR) is 159 cm³/mol. The lowest BCUT2D eigenvalue weighted by atomic mass is 10.3. The zero-order valence-corrected chi connectivity index (χ0v) is 26.6. The molecule has 0 N–H and O–H groups in total. The fourth-order valence-corrected chi connectivity index (χ4v) is 18.1. The van der Waals surface area contributed by atoms with E-state index in [2.05, 4.69) is 53.3 Å². The van der Waals surface area contributed by atoms with Gasteiger partial charge in [-0.15, -0.1) is 0 Å². The summed E-state index contributed by atoms with van der Waals surface area (Å²) in [6, 6.07) is 5.49. The van der Waals surface area contributed by atoms with Crippen LogP contribution < -0.4 is 0 Å². The average Bonchev–Trinajstić information content (AvgIpc) is 2.83. The van der Waals surface area contributed by atoms with Gasteiger partial charge in [0.15, 0.2) is 0 Å². The van der Waals surface area contributed by atoms with Gasteiger partial charge >= 0.3 is 0 Å². The van der Waals surface area contributed by atoms with Crippen LogP contribution in [0.1, 0.15) is 131 Å². The first kappa shape index (κ1) is 33.7. The maximum atomic E-state index is 6.92. The van der Waals surface area contributed by atoms with Crippen molar-refractivity contribution < 1.29 is 8.85 Å². The molecule has 33 heavy (non-hydrogen) atoms. The molecule has 0 amide bonds. The van der Waals surface area contributed by atoms with Gasteiger partial charge in [-0.1, -0.05) is 119 Å². The monoisotopic (exact) mass is 518 g/mol. The van der Waals surface area contributed by atoms with Crippen LogP contribution in [0, 0.1) is 0 Å². The highest BCUT2D eigenvalue weighted by atomic mass is 32.2. The summed E-state index contributed by atoms with van der Waals surface area (Å²) in [6.45, 7) is 16.0. The van der Waals surface area contributed by atoms with Gasteiger partial charge in [-0.05, 0) is 37.0 Å². The van der Waals surface area contributed by atoms with Crippen LogP contribution in [0.15, 0.2) is 0 Å². The minimum absolute atomic E-state index is 1.01. The minimum Gasteiger partial charge on any atom is -0.416 e. The molecular formula is C28H62O2SSi2. The number of hydrogen-bond acceptors (Lipinski definition) is 3. The molecule has 2 nitrogen and oxygen atoms in total. The molecule has 0 fully saturated rings. The van der Waals surface area contributed by atoms with E-state index in [-0.39, 0.29) is 0 Å². The molecule has 0 atom stereocenters. The lowest BCUT2D eigenvalue weighted by Crippen LogP contribution is -2.45. The largest absolute Gasteiger partial charge is 0.416 e. The molecule has 0 heterocycles. The zero-order valence-electron chi connectivity index (χ0n) is 23.8. The molecule has 0 saturated heterocycles. The quantitative estimate of drug-likeness (QED) is 0.0837. The maximum Gasteiger partial charge on any atom is 0.202 e. The fourth-order valence-electron chi connectivity index (χ4n) is 4.61. The molecule has 0 spiro atoms. The van der Waals surface area contributed by atoms with Crippen molar-refractivity contribution in [2.75, 3.05) is 24.0 Å². The third-order valence-electron chi connectivity index (χ3n) is 6.99. The Morgan fingerprint density at radius 3 is 1.00 bits per heavy atom. The van der Waals surface area contributed by atoms with E-state index < -0.39 is 16.6 Å². The maximum absolute atomic E-state index is 6.92. The highest BCUT2D eigenvalue weighted by Gasteiger charge is 2.38. The van der Waals surface area contributed by atoms with Gasteiger partial charge in [-0.25, -0.2) is 0 Å². The van der Waals surface area contributed by atoms with Crippen LogP contribution in [-0.2, 0) is 8.85 Å². The SMILES string of the molecule is CCCCCO[Si](CCCC)(CCCC)CSC[Si](CCCC)(CCCC)OCCCCC. The lowest BCUT2D eigenvalue weighted by Gasteiger charge is -2.35. The molecule has 0 radical (unpaired) electrons. The first-order valence-corrected chi connectivity index (χ1v) is 21.1. The van der Waals surface area contributed by atoms with Gasteiger partial charge in [0.2, 0.25) is 16.6 Å². The van der Waals surface area contributed by atoms with Crippen LogP contribution in [0.5, 0.6) is 0 Å². The molecule has 0 aromatic rings. The van der Waals surface area contributed by atoms with Gasteiger partial charge < -0.3 is 8.85 Å².